The molecular weight excluding hydrogens is 230 g/mol. The van der Waals surface area contributed by atoms with Gasteiger partial charge in [-0.2, -0.15) is 0 Å². The van der Waals surface area contributed by atoms with Crippen LogP contribution in [0.2, 0.25) is 0 Å². The van der Waals surface area contributed by atoms with Gasteiger partial charge in [0.25, 0.3) is 0 Å². The van der Waals surface area contributed by atoms with Crippen LogP contribution in [-0.4, -0.2) is 25.6 Å². The van der Waals surface area contributed by atoms with Crippen LogP contribution >= 0.6 is 0 Å². The lowest BCUT2D eigenvalue weighted by Gasteiger charge is -2.04. The molecule has 0 unspecified atom stereocenters. The number of hydrogen-bond acceptors (Lipinski definition) is 3. The van der Waals surface area contributed by atoms with Gasteiger partial charge in [0.1, 0.15) is 0 Å². The molecule has 0 saturated heterocycles. The molecule has 1 aromatic rings. The van der Waals surface area contributed by atoms with Crippen LogP contribution in [0.4, 0.5) is 0 Å². The van der Waals surface area contributed by atoms with Crippen LogP contribution in [0.25, 0.3) is 0 Å². The summed E-state index contributed by atoms with van der Waals surface area (Å²) in [5.41, 5.74) is 7.02. The number of carbonyl (C=O) groups excluding carboxylic acids is 1. The number of benzene rings is 1. The number of methoxy groups -OCH3 is 1. The van der Waals surface area contributed by atoms with Crippen molar-refractivity contribution >= 4 is 11.9 Å². The monoisotopic (exact) mass is 247 g/mol. The quantitative estimate of drug-likeness (QED) is 0.353. The van der Waals surface area contributed by atoms with Crippen molar-refractivity contribution in [3.63, 3.8) is 0 Å². The summed E-state index contributed by atoms with van der Waals surface area (Å²) in [4.78, 5) is 15.5. The molecule has 0 aliphatic rings. The maximum atomic E-state index is 11.3. The van der Waals surface area contributed by atoms with E-state index in [0.29, 0.717) is 24.6 Å². The van der Waals surface area contributed by atoms with E-state index in [4.69, 9.17) is 5.73 Å². The van der Waals surface area contributed by atoms with Gasteiger partial charge >= 0.3 is 5.97 Å². The van der Waals surface area contributed by atoms with Gasteiger partial charge in [0.05, 0.1) is 19.2 Å². The molecule has 0 atom stereocenters. The summed E-state index contributed by atoms with van der Waals surface area (Å²) in [5, 5.41) is 2.87. The standard InChI is InChI=1S/C13H17N3O2/c1-3-7-15-13(14)16-9-10-5-4-6-11(8-10)12(17)18-2/h3-6,8H,1,7,9H2,2H3,(H3,14,15,16). The first-order valence-corrected chi connectivity index (χ1v) is 5.49. The van der Waals surface area contributed by atoms with E-state index in [-0.39, 0.29) is 5.97 Å². The van der Waals surface area contributed by atoms with Crippen molar-refractivity contribution in [3.05, 3.63) is 48.0 Å². The van der Waals surface area contributed by atoms with Crippen molar-refractivity contribution in [2.75, 3.05) is 13.7 Å². The molecule has 0 spiro atoms. The summed E-state index contributed by atoms with van der Waals surface area (Å²) in [6.45, 7) is 4.54. The zero-order chi connectivity index (χ0) is 13.4. The number of aliphatic imine (C=N–C) groups is 1. The molecule has 0 bridgehead atoms. The van der Waals surface area contributed by atoms with Crippen LogP contribution in [-0.2, 0) is 11.3 Å². The average molecular weight is 247 g/mol. The molecule has 1 rings (SSSR count). The summed E-state index contributed by atoms with van der Waals surface area (Å²) in [6.07, 6.45) is 1.69. The lowest BCUT2D eigenvalue weighted by Crippen LogP contribution is -2.31. The van der Waals surface area contributed by atoms with E-state index in [9.17, 15) is 4.79 Å². The van der Waals surface area contributed by atoms with E-state index in [1.807, 2.05) is 6.07 Å². The van der Waals surface area contributed by atoms with Crippen LogP contribution in [0.15, 0.2) is 41.9 Å². The number of guanidine groups is 1. The Balaban J connectivity index is 2.67. The highest BCUT2D eigenvalue weighted by Gasteiger charge is 2.04. The lowest BCUT2D eigenvalue weighted by molar-refractivity contribution is 0.0600. The van der Waals surface area contributed by atoms with Crippen LogP contribution in [0, 0.1) is 0 Å². The highest BCUT2D eigenvalue weighted by molar-refractivity contribution is 5.89. The van der Waals surface area contributed by atoms with E-state index in [1.165, 1.54) is 7.11 Å². The van der Waals surface area contributed by atoms with Crippen molar-refractivity contribution < 1.29 is 9.53 Å². The number of ether oxygens (including phenoxy) is 1. The minimum absolute atomic E-state index is 0.346. The van der Waals surface area contributed by atoms with Gasteiger partial charge in [0.15, 0.2) is 5.96 Å². The van der Waals surface area contributed by atoms with Gasteiger partial charge < -0.3 is 15.8 Å². The van der Waals surface area contributed by atoms with Gasteiger partial charge in [-0.25, -0.2) is 9.79 Å². The molecule has 0 aromatic heterocycles. The average Bonchev–Trinajstić information content (AvgIpc) is 2.42. The topological polar surface area (TPSA) is 76.7 Å². The summed E-state index contributed by atoms with van der Waals surface area (Å²) >= 11 is 0. The minimum Gasteiger partial charge on any atom is -0.465 e. The molecule has 96 valence electrons. The van der Waals surface area contributed by atoms with E-state index in [2.05, 4.69) is 21.6 Å². The molecule has 5 heteroatoms. The lowest BCUT2D eigenvalue weighted by atomic mass is 10.1. The van der Waals surface area contributed by atoms with E-state index >= 15 is 0 Å². The van der Waals surface area contributed by atoms with Crippen molar-refractivity contribution in [2.24, 2.45) is 10.7 Å². The number of nitrogens with zero attached hydrogens (tertiary/aromatic N) is 1. The van der Waals surface area contributed by atoms with Gasteiger partial charge in [0, 0.05) is 6.54 Å². The molecular formula is C13H17N3O2. The largest absolute Gasteiger partial charge is 0.465 e. The van der Waals surface area contributed by atoms with Gasteiger partial charge in [-0.15, -0.1) is 6.58 Å². The zero-order valence-corrected chi connectivity index (χ0v) is 10.3. The summed E-state index contributed by atoms with van der Waals surface area (Å²) in [6, 6.07) is 7.08. The van der Waals surface area contributed by atoms with Crippen molar-refractivity contribution in [3.8, 4) is 0 Å². The predicted molar refractivity (Wildman–Crippen MR) is 71.3 cm³/mol. The maximum absolute atomic E-state index is 11.3. The Kier molecular flexibility index (Phi) is 5.44. The summed E-state index contributed by atoms with van der Waals surface area (Å²) < 4.78 is 4.65. The van der Waals surface area contributed by atoms with E-state index < -0.39 is 0 Å². The fraction of sp³-hybridized carbons (Fsp3) is 0.231. The smallest absolute Gasteiger partial charge is 0.337 e. The molecule has 0 aliphatic heterocycles. The first-order chi connectivity index (χ1) is 8.67. The number of esters is 1. The Morgan fingerprint density at radius 2 is 2.39 bits per heavy atom. The fourth-order valence-electron chi connectivity index (χ4n) is 1.32. The Morgan fingerprint density at radius 1 is 1.61 bits per heavy atom. The predicted octanol–water partition coefficient (Wildman–Crippen LogP) is 1.06. The number of hydrogen-bond donors (Lipinski definition) is 2. The molecule has 0 saturated carbocycles. The third-order valence-corrected chi connectivity index (χ3v) is 2.21. The van der Waals surface area contributed by atoms with E-state index in [0.717, 1.165) is 5.56 Å². The molecule has 18 heavy (non-hydrogen) atoms. The van der Waals surface area contributed by atoms with E-state index in [1.54, 1.807) is 24.3 Å². The number of nitrogens with one attached hydrogen (secondary N) is 1. The van der Waals surface area contributed by atoms with Crippen LogP contribution < -0.4 is 11.1 Å². The Morgan fingerprint density at radius 3 is 3.06 bits per heavy atom. The normalized spacial score (nSPS) is 10.8. The number of rotatable bonds is 5. The summed E-state index contributed by atoms with van der Waals surface area (Å²) in [7, 11) is 1.35. The van der Waals surface area contributed by atoms with Crippen molar-refractivity contribution in [1.82, 2.24) is 5.32 Å². The maximum Gasteiger partial charge on any atom is 0.337 e. The van der Waals surface area contributed by atoms with Gasteiger partial charge in [-0.05, 0) is 17.7 Å². The van der Waals surface area contributed by atoms with Crippen LogP contribution in [0.3, 0.4) is 0 Å². The van der Waals surface area contributed by atoms with Crippen LogP contribution in [0.5, 0.6) is 0 Å². The molecule has 5 nitrogen and oxygen atoms in total. The van der Waals surface area contributed by atoms with Crippen molar-refractivity contribution in [1.29, 1.82) is 0 Å². The van der Waals surface area contributed by atoms with Crippen LogP contribution in [0.1, 0.15) is 15.9 Å². The highest BCUT2D eigenvalue weighted by atomic mass is 16.5. The molecule has 0 heterocycles. The van der Waals surface area contributed by atoms with Crippen molar-refractivity contribution in [2.45, 2.75) is 6.54 Å². The molecule has 1 aromatic carbocycles. The first kappa shape index (κ1) is 13.8. The van der Waals surface area contributed by atoms with Gasteiger partial charge in [-0.1, -0.05) is 18.2 Å². The highest BCUT2D eigenvalue weighted by Crippen LogP contribution is 2.07. The number of nitrogens with two attached hydrogens (primary N) is 1. The minimum atomic E-state index is -0.362. The molecule has 3 N–H and O–H groups in total. The van der Waals surface area contributed by atoms with Gasteiger partial charge in [0.2, 0.25) is 0 Å². The third kappa shape index (κ3) is 4.29. The first-order valence-electron chi connectivity index (χ1n) is 5.49. The molecule has 0 radical (unpaired) electrons. The van der Waals surface area contributed by atoms with Gasteiger partial charge in [-0.3, -0.25) is 0 Å². The summed E-state index contributed by atoms with van der Waals surface area (Å²) in [5.74, 6) is -0.0167. The molecule has 0 amide bonds. The second-order valence-electron chi connectivity index (χ2n) is 3.56. The zero-order valence-electron chi connectivity index (χ0n) is 10.3. The third-order valence-electron chi connectivity index (χ3n) is 2.21. The molecule has 0 aliphatic carbocycles. The second kappa shape index (κ2) is 7.11. The molecule has 0 fully saturated rings. The SMILES string of the molecule is C=CCNC(N)=NCc1cccc(C(=O)OC)c1. The number of carbonyl (C=O) groups is 1. The second-order valence-corrected chi connectivity index (χ2v) is 3.56. The Hall–Kier alpha value is -2.30. The fourth-order valence-corrected chi connectivity index (χ4v) is 1.32. The Bertz CT molecular complexity index is 455. The Labute approximate surface area is 106 Å².